The number of carbonyl (C=O) groups excluding carboxylic acids is 6. The van der Waals surface area contributed by atoms with Crippen molar-refractivity contribution in [1.82, 2.24) is 10.6 Å². The molecule has 4 fully saturated rings. The average Bonchev–Trinajstić information content (AvgIpc) is 3.95. The highest BCUT2D eigenvalue weighted by Gasteiger charge is 2.59. The third-order valence-electron chi connectivity index (χ3n) is 8.24. The number of esters is 4. The van der Waals surface area contributed by atoms with Gasteiger partial charge in [0.05, 0.1) is 50.4 Å². The molecule has 0 aromatic rings. The Labute approximate surface area is 307 Å². The molecule has 4 heterocycles. The lowest BCUT2D eigenvalue weighted by Gasteiger charge is -2.30. The summed E-state index contributed by atoms with van der Waals surface area (Å²) in [6.45, 7) is -1.44. The largest absolute Gasteiger partial charge is 0.467 e. The molecule has 21 heteroatoms. The van der Waals surface area contributed by atoms with Gasteiger partial charge >= 0.3 is 23.9 Å². The number of aliphatic imine (C=N–C) groups is 2. The molecule has 302 valence electrons. The van der Waals surface area contributed by atoms with Crippen molar-refractivity contribution in [2.75, 3.05) is 90.2 Å². The zero-order valence-corrected chi connectivity index (χ0v) is 31.4. The number of methoxy groups -OCH3 is 4. The van der Waals surface area contributed by atoms with Crippen LogP contribution < -0.4 is 10.6 Å². The molecule has 4 saturated heterocycles. The fourth-order valence-electron chi connectivity index (χ4n) is 6.05. The van der Waals surface area contributed by atoms with Gasteiger partial charge in [-0.15, -0.1) is 0 Å². The molecule has 0 aromatic carbocycles. The lowest BCUT2D eigenvalue weighted by atomic mass is 9.84. The third-order valence-corrected chi connectivity index (χ3v) is 8.24. The summed E-state index contributed by atoms with van der Waals surface area (Å²) in [5, 5.41) is 12.2. The predicted molar refractivity (Wildman–Crippen MR) is 179 cm³/mol. The Kier molecular flexibility index (Phi) is 22.2. The van der Waals surface area contributed by atoms with Gasteiger partial charge in [-0.3, -0.25) is 9.59 Å². The molecule has 10 atom stereocenters. The van der Waals surface area contributed by atoms with E-state index in [1.54, 1.807) is 28.2 Å². The first-order chi connectivity index (χ1) is 25.4. The van der Waals surface area contributed by atoms with Gasteiger partial charge in [0.15, 0.2) is 12.2 Å². The van der Waals surface area contributed by atoms with Gasteiger partial charge in [0, 0.05) is 49.5 Å². The molecule has 4 aliphatic heterocycles. The van der Waals surface area contributed by atoms with Gasteiger partial charge in [-0.2, -0.15) is 0 Å². The Morgan fingerprint density at radius 3 is 1.36 bits per heavy atom. The summed E-state index contributed by atoms with van der Waals surface area (Å²) in [4.78, 5) is 76.0. The second-order valence-corrected chi connectivity index (χ2v) is 11.2. The van der Waals surface area contributed by atoms with Crippen molar-refractivity contribution in [3.05, 3.63) is 0 Å². The van der Waals surface area contributed by atoms with E-state index < -0.39 is 73.2 Å². The van der Waals surface area contributed by atoms with E-state index in [0.29, 0.717) is 12.8 Å². The van der Waals surface area contributed by atoms with Crippen molar-refractivity contribution in [2.24, 2.45) is 21.8 Å². The van der Waals surface area contributed by atoms with Crippen molar-refractivity contribution >= 4 is 41.7 Å². The van der Waals surface area contributed by atoms with Gasteiger partial charge < -0.3 is 63.1 Å². The van der Waals surface area contributed by atoms with Crippen molar-refractivity contribution in [3.63, 3.8) is 0 Å². The van der Waals surface area contributed by atoms with Crippen LogP contribution in [-0.4, -0.2) is 186 Å². The molecule has 2 amide bonds. The smallest absolute Gasteiger partial charge is 0.332 e. The number of nitrogens with zero attached hydrogens (tertiary/aromatic N) is 2. The molecule has 4 rings (SSSR count). The summed E-state index contributed by atoms with van der Waals surface area (Å²) in [5.74, 6) is -3.44. The number of fused-ring (bicyclic) bond motifs is 4. The molecule has 4 bridgehead atoms. The number of carbonyl (C=O) groups is 6. The molecule has 0 spiro atoms. The zero-order valence-electron chi connectivity index (χ0n) is 31.4. The van der Waals surface area contributed by atoms with Crippen LogP contribution in [0.4, 0.5) is 0 Å². The standard InChI is InChI=1S/2C14H21NO8.C3H6N2.CH4O/c1-15-14(18)7-4-8-12(13(20-3)11(7)22-8)23-10(17)6-21-5-9(16)19-2;1-15-14(18)7-4-8-12(20-3)13(11(7)22-8)23-10(17)6-21-5-9(16)19-2;1-4-3-5-2;1-2/h2*7-8,11-13H,4-6H2,1-3H3,(H,15,18);1-2H3;2H,1H3/t2*7?,8?,11-,12?,13+;;/m00../s1. The number of hydrogen-bond acceptors (Lipinski definition) is 19. The van der Waals surface area contributed by atoms with Crippen LogP contribution in [0.5, 0.6) is 0 Å². The van der Waals surface area contributed by atoms with Crippen LogP contribution in [0.25, 0.3) is 0 Å². The quantitative estimate of drug-likeness (QED) is 0.0923. The molecule has 0 aliphatic carbocycles. The Morgan fingerprint density at radius 1 is 0.623 bits per heavy atom. The van der Waals surface area contributed by atoms with Crippen molar-refractivity contribution in [1.29, 1.82) is 0 Å². The number of ether oxygens (including phenoxy) is 10. The molecule has 0 radical (unpaired) electrons. The number of hydrogen-bond donors (Lipinski definition) is 3. The highest BCUT2D eigenvalue weighted by molar-refractivity contribution is 5.80. The van der Waals surface area contributed by atoms with Gasteiger partial charge in [-0.25, -0.2) is 29.2 Å². The molecule has 21 nitrogen and oxygen atoms in total. The molecule has 4 aliphatic rings. The van der Waals surface area contributed by atoms with Gasteiger partial charge in [0.2, 0.25) is 11.8 Å². The minimum atomic E-state index is -0.685. The number of rotatable bonds is 14. The fourth-order valence-corrected chi connectivity index (χ4v) is 6.05. The van der Waals surface area contributed by atoms with E-state index in [9.17, 15) is 28.8 Å². The van der Waals surface area contributed by atoms with Gasteiger partial charge in [0.1, 0.15) is 44.7 Å². The number of aliphatic hydroxyl groups excluding tert-OH is 1. The maximum atomic E-state index is 11.9. The molecule has 3 N–H and O–H groups in total. The van der Waals surface area contributed by atoms with Crippen LogP contribution in [0.2, 0.25) is 0 Å². The summed E-state index contributed by atoms with van der Waals surface area (Å²) in [7, 11) is 12.8. The number of amides is 2. The Bertz CT molecular complexity index is 1260. The normalized spacial score (nSPS) is 28.1. The number of nitrogens with one attached hydrogen (secondary N) is 2. The minimum Gasteiger partial charge on any atom is -0.467 e. The lowest BCUT2D eigenvalue weighted by Crippen LogP contribution is -2.49. The highest BCUT2D eigenvalue weighted by Crippen LogP contribution is 2.43. The maximum Gasteiger partial charge on any atom is 0.332 e. The van der Waals surface area contributed by atoms with Crippen LogP contribution in [0.15, 0.2) is 9.98 Å². The molecular weight excluding hydrogens is 712 g/mol. The maximum absolute atomic E-state index is 11.9. The van der Waals surface area contributed by atoms with Crippen molar-refractivity contribution in [3.8, 4) is 0 Å². The van der Waals surface area contributed by atoms with Crippen LogP contribution in [-0.2, 0) is 76.1 Å². The van der Waals surface area contributed by atoms with Crippen LogP contribution >= 0.6 is 0 Å². The summed E-state index contributed by atoms with van der Waals surface area (Å²) >= 11 is 0. The zero-order chi connectivity index (χ0) is 40.1. The first-order valence-electron chi connectivity index (χ1n) is 16.3. The summed E-state index contributed by atoms with van der Waals surface area (Å²) in [5.41, 5.74) is 0. The summed E-state index contributed by atoms with van der Waals surface area (Å²) in [6.07, 6.45) is -2.91. The molecule has 0 saturated carbocycles. The van der Waals surface area contributed by atoms with E-state index in [-0.39, 0.29) is 49.6 Å². The highest BCUT2D eigenvalue weighted by atomic mass is 16.7. The minimum absolute atomic E-state index is 0.120. The van der Waals surface area contributed by atoms with E-state index in [0.717, 1.165) is 7.11 Å². The van der Waals surface area contributed by atoms with Gasteiger partial charge in [-0.05, 0) is 12.8 Å². The predicted octanol–water partition coefficient (Wildman–Crippen LogP) is -2.70. The van der Waals surface area contributed by atoms with Crippen LogP contribution in [0, 0.1) is 11.8 Å². The van der Waals surface area contributed by atoms with Crippen molar-refractivity contribution in [2.45, 2.75) is 61.7 Å². The molecular formula is C32H52N4O17. The first-order valence-corrected chi connectivity index (χ1v) is 16.3. The lowest BCUT2D eigenvalue weighted by molar-refractivity contribution is -0.167. The number of aliphatic hydroxyl groups is 1. The SMILES string of the molecule is CN=C=NC.CNC(=O)C1CC2O[C@@H]1[C@@H](OC(=O)COCC(=O)OC)C2OC.CNC(=O)C1CC2O[C@@H]1[C@@H](OC)C2OC(=O)COCC(=O)OC.CO. The topological polar surface area (TPSA) is 264 Å². The van der Waals surface area contributed by atoms with E-state index in [4.69, 9.17) is 43.0 Å². The second kappa shape index (κ2) is 25.0. The second-order valence-electron chi connectivity index (χ2n) is 11.2. The van der Waals surface area contributed by atoms with E-state index in [1.165, 1.54) is 28.4 Å². The van der Waals surface area contributed by atoms with E-state index >= 15 is 0 Å². The fraction of sp³-hybridized carbons (Fsp3) is 0.781. The van der Waals surface area contributed by atoms with Gasteiger partial charge in [-0.1, -0.05) is 0 Å². The summed E-state index contributed by atoms with van der Waals surface area (Å²) in [6, 6.07) is 2.36. The van der Waals surface area contributed by atoms with Crippen molar-refractivity contribution < 1.29 is 81.2 Å². The molecule has 6 unspecified atom stereocenters. The Morgan fingerprint density at radius 2 is 1.00 bits per heavy atom. The monoisotopic (exact) mass is 764 g/mol. The molecule has 0 aromatic heterocycles. The third kappa shape index (κ3) is 13.7. The Hall–Kier alpha value is -4.08. The first kappa shape index (κ1) is 46.9. The average molecular weight is 765 g/mol. The Balaban J connectivity index is 0.000000451. The molecule has 53 heavy (non-hydrogen) atoms. The van der Waals surface area contributed by atoms with E-state index in [1.807, 2.05) is 0 Å². The summed E-state index contributed by atoms with van der Waals surface area (Å²) < 4.78 is 51.3. The van der Waals surface area contributed by atoms with Crippen LogP contribution in [0.3, 0.4) is 0 Å². The van der Waals surface area contributed by atoms with Crippen LogP contribution in [0.1, 0.15) is 12.8 Å². The van der Waals surface area contributed by atoms with Gasteiger partial charge in [0.25, 0.3) is 0 Å². The van der Waals surface area contributed by atoms with E-state index in [2.05, 4.69) is 36.1 Å².